The first-order chi connectivity index (χ1) is 12.0. The molecule has 0 unspecified atom stereocenters. The van der Waals surface area contributed by atoms with E-state index in [4.69, 9.17) is 4.74 Å². The number of amides is 1. The number of para-hydroxylation sites is 1. The minimum absolute atomic E-state index is 0.0524. The number of nitrogens with one attached hydrogen (secondary N) is 1. The molecule has 0 aromatic heterocycles. The summed E-state index contributed by atoms with van der Waals surface area (Å²) >= 11 is 0. The molecule has 0 aliphatic rings. The quantitative estimate of drug-likeness (QED) is 0.732. The SMILES string of the molecule is C=C(C[C@@H](Nc1ccccc1)c1ccccc1)[C@@H](C)OC(=O)N(C)C. The summed E-state index contributed by atoms with van der Waals surface area (Å²) in [5, 5.41) is 3.55. The van der Waals surface area contributed by atoms with Gasteiger partial charge < -0.3 is 15.0 Å². The lowest BCUT2D eigenvalue weighted by Crippen LogP contribution is -2.28. The summed E-state index contributed by atoms with van der Waals surface area (Å²) in [7, 11) is 3.34. The highest BCUT2D eigenvalue weighted by Crippen LogP contribution is 2.27. The summed E-state index contributed by atoms with van der Waals surface area (Å²) in [5.41, 5.74) is 3.08. The van der Waals surface area contributed by atoms with Crippen molar-refractivity contribution in [2.45, 2.75) is 25.5 Å². The molecule has 0 aliphatic carbocycles. The van der Waals surface area contributed by atoms with E-state index in [-0.39, 0.29) is 18.2 Å². The zero-order valence-corrected chi connectivity index (χ0v) is 15.1. The molecule has 1 amide bonds. The standard InChI is InChI=1S/C21H26N2O2/c1-16(17(2)25-21(24)23(3)4)15-20(18-11-7-5-8-12-18)22-19-13-9-6-10-14-19/h5-14,17,20,22H,1,15H2,2-4H3/t17-,20-/m1/s1. The Labute approximate surface area is 150 Å². The molecule has 2 atom stereocenters. The molecule has 2 aromatic carbocycles. The van der Waals surface area contributed by atoms with Crippen molar-refractivity contribution in [2.24, 2.45) is 0 Å². The van der Waals surface area contributed by atoms with Gasteiger partial charge in [-0.05, 0) is 36.6 Å². The molecule has 2 rings (SSSR count). The molecule has 0 saturated carbocycles. The van der Waals surface area contributed by atoms with Gasteiger partial charge in [-0.25, -0.2) is 4.79 Å². The van der Waals surface area contributed by atoms with Crippen LogP contribution < -0.4 is 5.32 Å². The Balaban J connectivity index is 2.10. The number of carbonyl (C=O) groups excluding carboxylic acids is 1. The van der Waals surface area contributed by atoms with Gasteiger partial charge >= 0.3 is 6.09 Å². The van der Waals surface area contributed by atoms with Crippen LogP contribution in [0.2, 0.25) is 0 Å². The van der Waals surface area contributed by atoms with Crippen LogP contribution in [0, 0.1) is 0 Å². The van der Waals surface area contributed by atoms with Gasteiger partial charge in [-0.1, -0.05) is 55.1 Å². The Bertz CT molecular complexity index is 684. The molecule has 0 aliphatic heterocycles. The predicted octanol–water partition coefficient (Wildman–Crippen LogP) is 4.87. The Kier molecular flexibility index (Phi) is 6.63. The number of ether oxygens (including phenoxy) is 1. The molecule has 2 aromatic rings. The van der Waals surface area contributed by atoms with Gasteiger partial charge in [-0.3, -0.25) is 0 Å². The van der Waals surface area contributed by atoms with Crippen molar-refractivity contribution in [2.75, 3.05) is 19.4 Å². The van der Waals surface area contributed by atoms with Gasteiger partial charge in [0, 0.05) is 19.8 Å². The van der Waals surface area contributed by atoms with Gasteiger partial charge in [0.2, 0.25) is 0 Å². The highest BCUT2D eigenvalue weighted by atomic mass is 16.6. The summed E-state index contributed by atoms with van der Waals surface area (Å²) in [6.45, 7) is 5.99. The van der Waals surface area contributed by atoms with E-state index in [0.717, 1.165) is 11.3 Å². The van der Waals surface area contributed by atoms with E-state index in [0.29, 0.717) is 6.42 Å². The van der Waals surface area contributed by atoms with Crippen LogP contribution in [-0.4, -0.2) is 31.2 Å². The molecule has 0 heterocycles. The van der Waals surface area contributed by atoms with Crippen LogP contribution >= 0.6 is 0 Å². The maximum atomic E-state index is 11.8. The van der Waals surface area contributed by atoms with Crippen molar-refractivity contribution in [3.8, 4) is 0 Å². The number of hydrogen-bond acceptors (Lipinski definition) is 3. The predicted molar refractivity (Wildman–Crippen MR) is 103 cm³/mol. The third kappa shape index (κ3) is 5.68. The molecule has 0 saturated heterocycles. The second-order valence-electron chi connectivity index (χ2n) is 6.26. The van der Waals surface area contributed by atoms with Gasteiger partial charge in [0.25, 0.3) is 0 Å². The molecule has 25 heavy (non-hydrogen) atoms. The molecule has 0 bridgehead atoms. The normalized spacial score (nSPS) is 12.8. The Morgan fingerprint density at radius 1 is 1.08 bits per heavy atom. The molecule has 1 N–H and O–H groups in total. The van der Waals surface area contributed by atoms with Crippen molar-refractivity contribution < 1.29 is 9.53 Å². The van der Waals surface area contributed by atoms with Crippen molar-refractivity contribution in [1.29, 1.82) is 0 Å². The molecule has 0 fully saturated rings. The Hall–Kier alpha value is -2.75. The summed E-state index contributed by atoms with van der Waals surface area (Å²) in [4.78, 5) is 13.2. The van der Waals surface area contributed by atoms with Crippen LogP contribution in [0.4, 0.5) is 10.5 Å². The van der Waals surface area contributed by atoms with Crippen LogP contribution in [0.15, 0.2) is 72.8 Å². The first-order valence-electron chi connectivity index (χ1n) is 8.39. The third-order valence-corrected chi connectivity index (χ3v) is 4.00. The fraction of sp³-hybridized carbons (Fsp3) is 0.286. The van der Waals surface area contributed by atoms with E-state index in [9.17, 15) is 4.79 Å². The number of benzene rings is 2. The maximum absolute atomic E-state index is 11.8. The number of rotatable bonds is 7. The molecular weight excluding hydrogens is 312 g/mol. The van der Waals surface area contributed by atoms with Gasteiger partial charge in [0.15, 0.2) is 0 Å². The van der Waals surface area contributed by atoms with E-state index >= 15 is 0 Å². The van der Waals surface area contributed by atoms with E-state index in [1.165, 1.54) is 10.5 Å². The first-order valence-corrected chi connectivity index (χ1v) is 8.39. The van der Waals surface area contributed by atoms with Gasteiger partial charge in [-0.15, -0.1) is 0 Å². The largest absolute Gasteiger partial charge is 0.442 e. The maximum Gasteiger partial charge on any atom is 0.409 e. The van der Waals surface area contributed by atoms with Crippen LogP contribution in [0.3, 0.4) is 0 Å². The van der Waals surface area contributed by atoms with Crippen LogP contribution in [-0.2, 0) is 4.74 Å². The second-order valence-corrected chi connectivity index (χ2v) is 6.26. The van der Waals surface area contributed by atoms with Gasteiger partial charge in [0.1, 0.15) is 6.10 Å². The van der Waals surface area contributed by atoms with Crippen molar-refractivity contribution in [1.82, 2.24) is 4.90 Å². The highest BCUT2D eigenvalue weighted by Gasteiger charge is 2.19. The first kappa shape index (κ1) is 18.6. The Morgan fingerprint density at radius 2 is 1.64 bits per heavy atom. The van der Waals surface area contributed by atoms with Gasteiger partial charge in [0.05, 0.1) is 6.04 Å². The summed E-state index contributed by atoms with van der Waals surface area (Å²) in [6.07, 6.45) is -0.0412. The van der Waals surface area contributed by atoms with E-state index < -0.39 is 0 Å². The average molecular weight is 338 g/mol. The third-order valence-electron chi connectivity index (χ3n) is 4.00. The van der Waals surface area contributed by atoms with E-state index in [1.54, 1.807) is 14.1 Å². The number of nitrogens with zero attached hydrogens (tertiary/aromatic N) is 1. The van der Waals surface area contributed by atoms with Crippen LogP contribution in [0.25, 0.3) is 0 Å². The monoisotopic (exact) mass is 338 g/mol. The second kappa shape index (κ2) is 8.92. The average Bonchev–Trinajstić information content (AvgIpc) is 2.62. The van der Waals surface area contributed by atoms with Crippen LogP contribution in [0.5, 0.6) is 0 Å². The molecule has 4 nitrogen and oxygen atoms in total. The zero-order chi connectivity index (χ0) is 18.2. The fourth-order valence-corrected chi connectivity index (χ4v) is 2.44. The minimum Gasteiger partial charge on any atom is -0.442 e. The minimum atomic E-state index is -0.360. The van der Waals surface area contributed by atoms with Crippen molar-refractivity contribution >= 4 is 11.8 Å². The number of anilines is 1. The highest BCUT2D eigenvalue weighted by molar-refractivity contribution is 5.67. The van der Waals surface area contributed by atoms with Crippen LogP contribution in [0.1, 0.15) is 24.9 Å². The molecule has 0 spiro atoms. The summed E-state index contributed by atoms with van der Waals surface area (Å²) < 4.78 is 5.42. The number of hydrogen-bond donors (Lipinski definition) is 1. The molecular formula is C21H26N2O2. The van der Waals surface area contributed by atoms with Gasteiger partial charge in [-0.2, -0.15) is 0 Å². The zero-order valence-electron chi connectivity index (χ0n) is 15.1. The van der Waals surface area contributed by atoms with E-state index in [2.05, 4.69) is 24.0 Å². The molecule has 132 valence electrons. The summed E-state index contributed by atoms with van der Waals surface area (Å²) in [6, 6.07) is 20.3. The topological polar surface area (TPSA) is 41.6 Å². The summed E-state index contributed by atoms with van der Waals surface area (Å²) in [5.74, 6) is 0. The lowest BCUT2D eigenvalue weighted by atomic mass is 9.97. The van der Waals surface area contributed by atoms with Crippen molar-refractivity contribution in [3.05, 3.63) is 78.4 Å². The van der Waals surface area contributed by atoms with Crippen molar-refractivity contribution in [3.63, 3.8) is 0 Å². The lowest BCUT2D eigenvalue weighted by Gasteiger charge is -2.25. The Morgan fingerprint density at radius 3 is 2.20 bits per heavy atom. The van der Waals surface area contributed by atoms with E-state index in [1.807, 2.05) is 55.5 Å². The molecule has 4 heteroatoms. The lowest BCUT2D eigenvalue weighted by molar-refractivity contribution is 0.0951. The number of carbonyl (C=O) groups is 1. The molecule has 0 radical (unpaired) electrons. The smallest absolute Gasteiger partial charge is 0.409 e. The fourth-order valence-electron chi connectivity index (χ4n) is 2.44.